The van der Waals surface area contributed by atoms with Crippen LogP contribution < -0.4 is 5.32 Å². The summed E-state index contributed by atoms with van der Waals surface area (Å²) in [6, 6.07) is 19.5. The first-order valence-corrected chi connectivity index (χ1v) is 6.26. The number of fused-ring (bicyclic) bond motifs is 1. The first-order valence-electron chi connectivity index (χ1n) is 6.26. The number of nitrogens with one attached hydrogen (secondary N) is 1. The van der Waals surface area contributed by atoms with Crippen LogP contribution in [0.2, 0.25) is 0 Å². The zero-order valence-corrected chi connectivity index (χ0v) is 10.1. The predicted octanol–water partition coefficient (Wildman–Crippen LogP) is 3.81. The monoisotopic (exact) mass is 223 g/mol. The lowest BCUT2D eigenvalue weighted by Crippen LogP contribution is -2.28. The lowest BCUT2D eigenvalue weighted by molar-refractivity contribution is 0.547. The van der Waals surface area contributed by atoms with E-state index in [9.17, 15) is 0 Å². The van der Waals surface area contributed by atoms with E-state index in [1.54, 1.807) is 0 Å². The van der Waals surface area contributed by atoms with Gasteiger partial charge in [-0.1, -0.05) is 55.5 Å². The molecule has 0 aliphatic carbocycles. The molecule has 2 aromatic rings. The zero-order valence-electron chi connectivity index (χ0n) is 10.1. The van der Waals surface area contributed by atoms with Crippen LogP contribution in [0.15, 0.2) is 54.6 Å². The van der Waals surface area contributed by atoms with E-state index in [2.05, 4.69) is 66.8 Å². The maximum Gasteiger partial charge on any atom is 0.0392 e. The Bertz CT molecular complexity index is 518. The summed E-state index contributed by atoms with van der Waals surface area (Å²) in [6.07, 6.45) is 1.13. The molecule has 0 amide bonds. The van der Waals surface area contributed by atoms with E-state index in [1.807, 2.05) is 0 Å². The van der Waals surface area contributed by atoms with Gasteiger partial charge in [-0.3, -0.25) is 0 Å². The fraction of sp³-hybridized carbons (Fsp3) is 0.250. The van der Waals surface area contributed by atoms with Gasteiger partial charge in [0.15, 0.2) is 0 Å². The summed E-state index contributed by atoms with van der Waals surface area (Å²) in [5.41, 5.74) is 4.30. The van der Waals surface area contributed by atoms with Crippen LogP contribution in [0, 0.1) is 0 Å². The second kappa shape index (κ2) is 3.92. The Balaban J connectivity index is 2.18. The van der Waals surface area contributed by atoms with Gasteiger partial charge in [-0.05, 0) is 23.6 Å². The van der Waals surface area contributed by atoms with Gasteiger partial charge in [0.05, 0.1) is 0 Å². The molecule has 0 fully saturated rings. The molecule has 1 nitrogen and oxygen atoms in total. The largest absolute Gasteiger partial charge is 0.384 e. The minimum atomic E-state index is 0.151. The number of hydrogen-bond acceptors (Lipinski definition) is 1. The lowest BCUT2D eigenvalue weighted by atomic mass is 9.74. The third kappa shape index (κ3) is 1.46. The second-order valence-corrected chi connectivity index (χ2v) is 4.70. The standard InChI is InChI=1S/C16H17N/c1-2-16(13-8-4-3-5-9-13)12-17-15-11-7-6-10-14(15)16/h3-11,17H,2,12H2,1H3. The minimum Gasteiger partial charge on any atom is -0.384 e. The van der Waals surface area contributed by atoms with E-state index in [1.165, 1.54) is 16.8 Å². The Morgan fingerprint density at radius 1 is 1.00 bits per heavy atom. The van der Waals surface area contributed by atoms with Gasteiger partial charge in [0.25, 0.3) is 0 Å². The van der Waals surface area contributed by atoms with Crippen LogP contribution in [0.1, 0.15) is 24.5 Å². The summed E-state index contributed by atoms with van der Waals surface area (Å²) in [5.74, 6) is 0. The molecule has 3 rings (SSSR count). The summed E-state index contributed by atoms with van der Waals surface area (Å²) in [6.45, 7) is 3.28. The van der Waals surface area contributed by atoms with E-state index in [0.29, 0.717) is 0 Å². The van der Waals surface area contributed by atoms with Crippen LogP contribution in [0.5, 0.6) is 0 Å². The van der Waals surface area contributed by atoms with Crippen LogP contribution >= 0.6 is 0 Å². The summed E-state index contributed by atoms with van der Waals surface area (Å²) in [4.78, 5) is 0. The molecule has 1 heteroatoms. The van der Waals surface area contributed by atoms with E-state index in [-0.39, 0.29) is 5.41 Å². The SMILES string of the molecule is CCC1(c2ccccc2)CNc2ccccc21. The molecule has 0 aromatic heterocycles. The first kappa shape index (κ1) is 10.4. The van der Waals surface area contributed by atoms with Crippen LogP contribution in [-0.4, -0.2) is 6.54 Å². The number of benzene rings is 2. The molecule has 0 bridgehead atoms. The fourth-order valence-electron chi connectivity index (χ4n) is 2.93. The minimum absolute atomic E-state index is 0.151. The second-order valence-electron chi connectivity index (χ2n) is 4.70. The molecule has 1 atom stereocenters. The maximum atomic E-state index is 3.54. The molecule has 86 valence electrons. The van der Waals surface area contributed by atoms with Crippen molar-refractivity contribution in [3.8, 4) is 0 Å². The number of rotatable bonds is 2. The number of hydrogen-bond donors (Lipinski definition) is 1. The van der Waals surface area contributed by atoms with Gasteiger partial charge in [-0.15, -0.1) is 0 Å². The van der Waals surface area contributed by atoms with Crippen molar-refractivity contribution in [2.24, 2.45) is 0 Å². The average Bonchev–Trinajstić information content (AvgIpc) is 2.80. The van der Waals surface area contributed by atoms with Gasteiger partial charge < -0.3 is 5.32 Å². The first-order chi connectivity index (χ1) is 8.37. The molecule has 0 radical (unpaired) electrons. The lowest BCUT2D eigenvalue weighted by Gasteiger charge is -2.28. The molecule has 1 aliphatic rings. The van der Waals surface area contributed by atoms with Gasteiger partial charge in [-0.25, -0.2) is 0 Å². The van der Waals surface area contributed by atoms with Gasteiger partial charge in [0.1, 0.15) is 0 Å². The Morgan fingerprint density at radius 3 is 2.47 bits per heavy atom. The van der Waals surface area contributed by atoms with Crippen LogP contribution in [0.4, 0.5) is 5.69 Å². The maximum absolute atomic E-state index is 3.54. The Labute approximate surface area is 102 Å². The highest BCUT2D eigenvalue weighted by Crippen LogP contribution is 2.43. The molecule has 0 saturated carbocycles. The predicted molar refractivity (Wildman–Crippen MR) is 72.4 cm³/mol. The van der Waals surface area contributed by atoms with E-state index < -0.39 is 0 Å². The molecular weight excluding hydrogens is 206 g/mol. The molecule has 1 N–H and O–H groups in total. The van der Waals surface area contributed by atoms with E-state index >= 15 is 0 Å². The highest BCUT2D eigenvalue weighted by atomic mass is 14.9. The fourth-order valence-corrected chi connectivity index (χ4v) is 2.93. The van der Waals surface area contributed by atoms with Crippen molar-refractivity contribution in [2.75, 3.05) is 11.9 Å². The average molecular weight is 223 g/mol. The molecule has 1 heterocycles. The van der Waals surface area contributed by atoms with Gasteiger partial charge in [0, 0.05) is 17.6 Å². The van der Waals surface area contributed by atoms with Gasteiger partial charge >= 0.3 is 0 Å². The number of para-hydroxylation sites is 1. The van der Waals surface area contributed by atoms with Crippen LogP contribution in [0.3, 0.4) is 0 Å². The Kier molecular flexibility index (Phi) is 2.40. The highest BCUT2D eigenvalue weighted by Gasteiger charge is 2.38. The molecule has 2 aromatic carbocycles. The summed E-state index contributed by atoms with van der Waals surface area (Å²) < 4.78 is 0. The third-order valence-corrected chi connectivity index (χ3v) is 3.95. The van der Waals surface area contributed by atoms with E-state index in [0.717, 1.165) is 13.0 Å². The van der Waals surface area contributed by atoms with Crippen LogP contribution in [-0.2, 0) is 5.41 Å². The normalized spacial score (nSPS) is 21.9. The molecular formula is C16H17N. The van der Waals surface area contributed by atoms with Crippen molar-refractivity contribution in [3.63, 3.8) is 0 Å². The third-order valence-electron chi connectivity index (χ3n) is 3.95. The van der Waals surface area contributed by atoms with Crippen molar-refractivity contribution in [2.45, 2.75) is 18.8 Å². The van der Waals surface area contributed by atoms with Gasteiger partial charge in [0.2, 0.25) is 0 Å². The van der Waals surface area contributed by atoms with Gasteiger partial charge in [-0.2, -0.15) is 0 Å². The molecule has 0 spiro atoms. The summed E-state index contributed by atoms with van der Waals surface area (Å²) in [7, 11) is 0. The van der Waals surface area contributed by atoms with Crippen molar-refractivity contribution < 1.29 is 0 Å². The Hall–Kier alpha value is -1.76. The van der Waals surface area contributed by atoms with Crippen LogP contribution in [0.25, 0.3) is 0 Å². The quantitative estimate of drug-likeness (QED) is 0.816. The van der Waals surface area contributed by atoms with Crippen molar-refractivity contribution >= 4 is 5.69 Å². The molecule has 1 aliphatic heterocycles. The smallest absolute Gasteiger partial charge is 0.0392 e. The zero-order chi connectivity index (χ0) is 11.7. The topological polar surface area (TPSA) is 12.0 Å². The summed E-state index contributed by atoms with van der Waals surface area (Å²) >= 11 is 0. The van der Waals surface area contributed by atoms with E-state index in [4.69, 9.17) is 0 Å². The van der Waals surface area contributed by atoms with Crippen molar-refractivity contribution in [3.05, 3.63) is 65.7 Å². The molecule has 0 saturated heterocycles. The molecule has 1 unspecified atom stereocenters. The van der Waals surface area contributed by atoms with Crippen molar-refractivity contribution in [1.82, 2.24) is 0 Å². The summed E-state index contributed by atoms with van der Waals surface area (Å²) in [5, 5.41) is 3.54. The number of anilines is 1. The van der Waals surface area contributed by atoms with Crippen molar-refractivity contribution in [1.29, 1.82) is 0 Å². The Morgan fingerprint density at radius 2 is 1.71 bits per heavy atom. The highest BCUT2D eigenvalue weighted by molar-refractivity contribution is 5.64. The molecule has 17 heavy (non-hydrogen) atoms.